The highest BCUT2D eigenvalue weighted by molar-refractivity contribution is 6.18. The Hall–Kier alpha value is -0.585. The zero-order valence-corrected chi connectivity index (χ0v) is 6.93. The first-order valence-electron chi connectivity index (χ1n) is 4.00. The lowest BCUT2D eigenvalue weighted by Gasteiger charge is -2.21. The van der Waals surface area contributed by atoms with Crippen molar-refractivity contribution in [2.45, 2.75) is 31.6 Å². The molecule has 12 heavy (non-hydrogen) atoms. The van der Waals surface area contributed by atoms with E-state index in [0.717, 1.165) is 5.06 Å². The topological polar surface area (TPSA) is 70.0 Å². The number of hydrogen-bond acceptors (Lipinski definition) is 5. The summed E-state index contributed by atoms with van der Waals surface area (Å²) in [7, 11) is 1.65. The van der Waals surface area contributed by atoms with Crippen molar-refractivity contribution in [3.63, 3.8) is 0 Å². The monoisotopic (exact) mass is 173 g/mol. The van der Waals surface area contributed by atoms with Crippen LogP contribution in [0.25, 0.3) is 0 Å². The van der Waals surface area contributed by atoms with E-state index in [1.165, 1.54) is 0 Å². The summed E-state index contributed by atoms with van der Waals surface area (Å²) in [5.74, 6) is -0.449. The van der Waals surface area contributed by atoms with Gasteiger partial charge in [0.15, 0.2) is 0 Å². The predicted molar refractivity (Wildman–Crippen MR) is 42.5 cm³/mol. The van der Waals surface area contributed by atoms with Gasteiger partial charge in [-0.15, -0.1) is 0 Å². The number of aliphatic hydroxyl groups is 2. The molecule has 0 aromatic rings. The van der Waals surface area contributed by atoms with Crippen LogP contribution in [0.5, 0.6) is 0 Å². The maximum Gasteiger partial charge on any atom is 0.317 e. The number of nitrogens with zero attached hydrogens (tertiary/aromatic N) is 1. The fourth-order valence-electron chi connectivity index (χ4n) is 1.06. The largest absolute Gasteiger partial charge is 0.375 e. The number of carbonyl (C=O) groups excluding carboxylic acids is 1. The van der Waals surface area contributed by atoms with E-state index in [9.17, 15) is 15.0 Å². The zero-order chi connectivity index (χ0) is 9.14. The standard InChI is InChI=1S/C6H12BNO4/c7-3-6(11)12-8-4(9)1-2-5(8)10/h4-5,9-10H,1-3,7H2. The molecule has 2 N–H and O–H groups in total. The molecule has 5 nitrogen and oxygen atoms in total. The molecule has 0 spiro atoms. The average Bonchev–Trinajstić information content (AvgIpc) is 2.35. The Labute approximate surface area is 71.3 Å². The fraction of sp³-hybridized carbons (Fsp3) is 0.833. The van der Waals surface area contributed by atoms with Crippen molar-refractivity contribution in [2.24, 2.45) is 0 Å². The molecule has 1 aliphatic rings. The minimum absolute atomic E-state index is 0.232. The quantitative estimate of drug-likeness (QED) is 0.483. The van der Waals surface area contributed by atoms with Gasteiger partial charge < -0.3 is 15.1 Å². The summed E-state index contributed by atoms with van der Waals surface area (Å²) in [6.45, 7) is 0. The summed E-state index contributed by atoms with van der Waals surface area (Å²) in [5, 5.41) is 19.3. The van der Waals surface area contributed by atoms with Gasteiger partial charge in [-0.05, 0) is 12.8 Å². The van der Waals surface area contributed by atoms with Gasteiger partial charge in [-0.25, -0.2) is 0 Å². The molecule has 0 amide bonds. The number of rotatable bonds is 2. The van der Waals surface area contributed by atoms with E-state index < -0.39 is 18.4 Å². The third kappa shape index (κ3) is 1.97. The highest BCUT2D eigenvalue weighted by atomic mass is 16.7. The lowest BCUT2D eigenvalue weighted by Crippen LogP contribution is -2.37. The Morgan fingerprint density at radius 1 is 1.50 bits per heavy atom. The van der Waals surface area contributed by atoms with E-state index in [-0.39, 0.29) is 6.32 Å². The second-order valence-corrected chi connectivity index (χ2v) is 2.72. The minimum Gasteiger partial charge on any atom is -0.375 e. The lowest BCUT2D eigenvalue weighted by atomic mass is 10.1. The summed E-state index contributed by atoms with van der Waals surface area (Å²) in [4.78, 5) is 15.5. The molecule has 1 fully saturated rings. The first kappa shape index (κ1) is 9.50. The van der Waals surface area contributed by atoms with E-state index in [1.54, 1.807) is 7.85 Å². The molecule has 68 valence electrons. The first-order chi connectivity index (χ1) is 5.65. The van der Waals surface area contributed by atoms with E-state index >= 15 is 0 Å². The molecule has 0 aliphatic carbocycles. The second kappa shape index (κ2) is 3.89. The van der Waals surface area contributed by atoms with Gasteiger partial charge in [0, 0.05) is 6.32 Å². The maximum absolute atomic E-state index is 10.8. The Morgan fingerprint density at radius 2 is 2.00 bits per heavy atom. The number of hydroxylamine groups is 2. The van der Waals surface area contributed by atoms with Crippen molar-refractivity contribution in [1.29, 1.82) is 0 Å². The van der Waals surface area contributed by atoms with Crippen molar-refractivity contribution in [1.82, 2.24) is 5.06 Å². The summed E-state index contributed by atoms with van der Waals surface area (Å²) in [6, 6.07) is 0. The Kier molecular flexibility index (Phi) is 3.08. The molecule has 1 saturated heterocycles. The number of aliphatic hydroxyl groups excluding tert-OH is 2. The normalized spacial score (nSPS) is 30.5. The highest BCUT2D eigenvalue weighted by Crippen LogP contribution is 2.20. The third-order valence-electron chi connectivity index (χ3n) is 1.77. The van der Waals surface area contributed by atoms with Crippen LogP contribution in [0.1, 0.15) is 12.8 Å². The highest BCUT2D eigenvalue weighted by Gasteiger charge is 2.33. The predicted octanol–water partition coefficient (Wildman–Crippen LogP) is -1.77. The van der Waals surface area contributed by atoms with Gasteiger partial charge in [0.25, 0.3) is 0 Å². The van der Waals surface area contributed by atoms with E-state index in [1.807, 2.05) is 0 Å². The fourth-order valence-corrected chi connectivity index (χ4v) is 1.06. The van der Waals surface area contributed by atoms with Gasteiger partial charge >= 0.3 is 5.97 Å². The molecule has 2 atom stereocenters. The van der Waals surface area contributed by atoms with E-state index in [0.29, 0.717) is 12.8 Å². The van der Waals surface area contributed by atoms with Gasteiger partial charge in [0.05, 0.1) is 0 Å². The molecule has 0 saturated carbocycles. The van der Waals surface area contributed by atoms with Crippen LogP contribution in [-0.4, -0.2) is 41.5 Å². The smallest absolute Gasteiger partial charge is 0.317 e. The molecule has 0 bridgehead atoms. The van der Waals surface area contributed by atoms with Crippen LogP contribution in [0, 0.1) is 0 Å². The second-order valence-electron chi connectivity index (χ2n) is 2.72. The summed E-state index contributed by atoms with van der Waals surface area (Å²) < 4.78 is 0. The van der Waals surface area contributed by atoms with Gasteiger partial charge in [-0.1, -0.05) is 5.06 Å². The van der Waals surface area contributed by atoms with Crippen molar-refractivity contribution in [2.75, 3.05) is 0 Å². The van der Waals surface area contributed by atoms with Crippen LogP contribution in [0.3, 0.4) is 0 Å². The van der Waals surface area contributed by atoms with Gasteiger partial charge in [0.2, 0.25) is 0 Å². The molecule has 0 aromatic carbocycles. The Bertz CT molecular complexity index is 167. The molecule has 1 rings (SSSR count). The van der Waals surface area contributed by atoms with Gasteiger partial charge in [0.1, 0.15) is 20.3 Å². The molecule has 1 aliphatic heterocycles. The number of carbonyl (C=O) groups is 1. The van der Waals surface area contributed by atoms with Crippen LogP contribution in [0.15, 0.2) is 0 Å². The molecular weight excluding hydrogens is 161 g/mol. The lowest BCUT2D eigenvalue weighted by molar-refractivity contribution is -0.259. The molecule has 1 heterocycles. The first-order valence-corrected chi connectivity index (χ1v) is 4.00. The van der Waals surface area contributed by atoms with Crippen LogP contribution in [0.2, 0.25) is 6.32 Å². The van der Waals surface area contributed by atoms with E-state index in [2.05, 4.69) is 4.84 Å². The van der Waals surface area contributed by atoms with E-state index in [4.69, 9.17) is 0 Å². The Balaban J connectivity index is 2.44. The minimum atomic E-state index is -0.865. The summed E-state index contributed by atoms with van der Waals surface area (Å²) in [5.41, 5.74) is 0. The molecule has 0 radical (unpaired) electrons. The molecule has 6 heteroatoms. The average molecular weight is 173 g/mol. The van der Waals surface area contributed by atoms with Crippen LogP contribution >= 0.6 is 0 Å². The summed E-state index contributed by atoms with van der Waals surface area (Å²) in [6.07, 6.45) is -0.641. The van der Waals surface area contributed by atoms with Crippen LogP contribution in [0.4, 0.5) is 0 Å². The van der Waals surface area contributed by atoms with Crippen LogP contribution < -0.4 is 0 Å². The zero-order valence-electron chi connectivity index (χ0n) is 6.93. The third-order valence-corrected chi connectivity index (χ3v) is 1.77. The van der Waals surface area contributed by atoms with Gasteiger partial charge in [-0.3, -0.25) is 4.79 Å². The van der Waals surface area contributed by atoms with Crippen molar-refractivity contribution in [3.05, 3.63) is 0 Å². The van der Waals surface area contributed by atoms with Crippen molar-refractivity contribution < 1.29 is 19.8 Å². The molecule has 2 unspecified atom stereocenters. The van der Waals surface area contributed by atoms with Crippen molar-refractivity contribution in [3.8, 4) is 0 Å². The molecular formula is C6H12BNO4. The van der Waals surface area contributed by atoms with Crippen molar-refractivity contribution >= 4 is 13.8 Å². The maximum atomic E-state index is 10.8. The molecule has 0 aromatic heterocycles. The van der Waals surface area contributed by atoms with Crippen LogP contribution in [-0.2, 0) is 9.63 Å². The number of hydrogen-bond donors (Lipinski definition) is 2. The SMILES string of the molecule is BCC(=O)ON1C(O)CCC1O. The van der Waals surface area contributed by atoms with Gasteiger partial charge in [-0.2, -0.15) is 0 Å². The summed E-state index contributed by atoms with van der Waals surface area (Å²) >= 11 is 0. The Morgan fingerprint density at radius 3 is 2.42 bits per heavy atom.